The Bertz CT molecular complexity index is 902. The van der Waals surface area contributed by atoms with Crippen LogP contribution in [0.1, 0.15) is 21.5 Å². The van der Waals surface area contributed by atoms with Crippen molar-refractivity contribution in [3.8, 4) is 0 Å². The molecule has 1 amide bonds. The molecule has 30 heavy (non-hydrogen) atoms. The third-order valence-electron chi connectivity index (χ3n) is 5.97. The van der Waals surface area contributed by atoms with Gasteiger partial charge in [-0.2, -0.15) is 0 Å². The van der Waals surface area contributed by atoms with Gasteiger partial charge in [0.25, 0.3) is 5.91 Å². The van der Waals surface area contributed by atoms with Gasteiger partial charge in [0.05, 0.1) is 11.7 Å². The maximum atomic E-state index is 14.0. The van der Waals surface area contributed by atoms with Gasteiger partial charge in [-0.3, -0.25) is 14.6 Å². The summed E-state index contributed by atoms with van der Waals surface area (Å²) in [5, 5.41) is 10.9. The van der Waals surface area contributed by atoms with E-state index in [4.69, 9.17) is 11.6 Å². The van der Waals surface area contributed by atoms with E-state index >= 15 is 0 Å². The molecular weight excluding hydrogens is 405 g/mol. The minimum atomic E-state index is -0.589. The van der Waals surface area contributed by atoms with Crippen LogP contribution in [0.4, 0.5) is 4.39 Å². The van der Waals surface area contributed by atoms with Crippen LogP contribution in [-0.2, 0) is 13.0 Å². The maximum Gasteiger partial charge on any atom is 0.256 e. The lowest BCUT2D eigenvalue weighted by molar-refractivity contribution is 0.0413. The predicted octanol–water partition coefficient (Wildman–Crippen LogP) is 2.66. The summed E-state index contributed by atoms with van der Waals surface area (Å²) in [4.78, 5) is 18.7. The van der Waals surface area contributed by atoms with Gasteiger partial charge < -0.3 is 10.0 Å². The van der Waals surface area contributed by atoms with Crippen LogP contribution in [0.2, 0.25) is 5.02 Å². The third kappa shape index (κ3) is 5.01. The molecule has 0 aliphatic carbocycles. The highest BCUT2D eigenvalue weighted by molar-refractivity contribution is 6.30. The molecule has 0 saturated carbocycles. The Balaban J connectivity index is 1.24. The molecule has 160 valence electrons. The van der Waals surface area contributed by atoms with E-state index in [1.165, 1.54) is 29.3 Å². The number of nitrogens with zero attached hydrogens (tertiary/aromatic N) is 3. The molecular formula is C23H27ClFN3O2. The van der Waals surface area contributed by atoms with E-state index in [1.54, 1.807) is 4.90 Å². The summed E-state index contributed by atoms with van der Waals surface area (Å²) in [6.45, 7) is 5.43. The number of piperazine rings is 1. The van der Waals surface area contributed by atoms with Crippen molar-refractivity contribution in [2.24, 2.45) is 0 Å². The van der Waals surface area contributed by atoms with Crippen molar-refractivity contribution < 1.29 is 14.3 Å². The lowest BCUT2D eigenvalue weighted by Gasteiger charge is -2.37. The molecule has 2 heterocycles. The number of benzene rings is 2. The maximum absolute atomic E-state index is 14.0. The number of β-amino-alcohol motifs (C(OH)–C–C–N with tert-alkyl or cyclic N) is 1. The Morgan fingerprint density at radius 1 is 1.00 bits per heavy atom. The average molecular weight is 432 g/mol. The van der Waals surface area contributed by atoms with E-state index in [-0.39, 0.29) is 16.5 Å². The van der Waals surface area contributed by atoms with Crippen LogP contribution in [-0.4, -0.2) is 77.6 Å². The van der Waals surface area contributed by atoms with Gasteiger partial charge >= 0.3 is 0 Å². The Labute approximate surface area is 181 Å². The van der Waals surface area contributed by atoms with E-state index in [9.17, 15) is 14.3 Å². The van der Waals surface area contributed by atoms with Crippen molar-refractivity contribution >= 4 is 17.5 Å². The number of hydrogen-bond acceptors (Lipinski definition) is 4. The predicted molar refractivity (Wildman–Crippen MR) is 115 cm³/mol. The molecule has 5 nitrogen and oxygen atoms in total. The number of amides is 1. The van der Waals surface area contributed by atoms with Gasteiger partial charge in [-0.1, -0.05) is 35.9 Å². The molecule has 2 aromatic rings. The number of halogens is 2. The summed E-state index contributed by atoms with van der Waals surface area (Å²) >= 11 is 5.77. The summed E-state index contributed by atoms with van der Waals surface area (Å²) in [6.07, 6.45) is 0.580. The Hall–Kier alpha value is -1.99. The summed E-state index contributed by atoms with van der Waals surface area (Å²) in [6, 6.07) is 12.6. The van der Waals surface area contributed by atoms with E-state index in [0.717, 1.165) is 19.5 Å². The first-order valence-electron chi connectivity index (χ1n) is 10.4. The second-order valence-electron chi connectivity index (χ2n) is 8.12. The molecule has 7 heteroatoms. The molecule has 4 rings (SSSR count). The summed E-state index contributed by atoms with van der Waals surface area (Å²) < 4.78 is 14.0. The number of hydrogen-bond donors (Lipinski definition) is 1. The van der Waals surface area contributed by atoms with Crippen molar-refractivity contribution in [3.05, 3.63) is 70.0 Å². The lowest BCUT2D eigenvalue weighted by atomic mass is 10.00. The first-order valence-corrected chi connectivity index (χ1v) is 10.8. The molecule has 2 aliphatic heterocycles. The van der Waals surface area contributed by atoms with Crippen LogP contribution in [0.25, 0.3) is 0 Å². The minimum Gasteiger partial charge on any atom is -0.390 e. The summed E-state index contributed by atoms with van der Waals surface area (Å²) in [7, 11) is 0. The van der Waals surface area contributed by atoms with Crippen LogP contribution in [0, 0.1) is 5.82 Å². The summed E-state index contributed by atoms with van der Waals surface area (Å²) in [5.41, 5.74) is 2.80. The quantitative estimate of drug-likeness (QED) is 0.790. The monoisotopic (exact) mass is 431 g/mol. The first-order chi connectivity index (χ1) is 14.5. The number of carbonyl (C=O) groups excluding carboxylic acids is 1. The van der Waals surface area contributed by atoms with E-state index in [0.29, 0.717) is 39.3 Å². The van der Waals surface area contributed by atoms with Gasteiger partial charge in [0.1, 0.15) is 5.82 Å². The van der Waals surface area contributed by atoms with Gasteiger partial charge in [0.2, 0.25) is 0 Å². The lowest BCUT2D eigenvalue weighted by Crippen LogP contribution is -2.51. The molecule has 0 bridgehead atoms. The molecule has 1 unspecified atom stereocenters. The third-order valence-corrected chi connectivity index (χ3v) is 6.20. The zero-order valence-corrected chi connectivity index (χ0v) is 17.7. The fourth-order valence-electron chi connectivity index (χ4n) is 4.33. The Kier molecular flexibility index (Phi) is 6.68. The molecule has 1 N–H and O–H groups in total. The molecule has 2 aromatic carbocycles. The fraction of sp³-hybridized carbons (Fsp3) is 0.435. The molecule has 2 aliphatic rings. The largest absolute Gasteiger partial charge is 0.390 e. The number of aliphatic hydroxyl groups is 1. The average Bonchev–Trinajstić information content (AvgIpc) is 2.74. The smallest absolute Gasteiger partial charge is 0.256 e. The SMILES string of the molecule is O=C(c1ccc(Cl)cc1F)N1CCN(CC(O)CN2CCc3ccccc3C2)CC1. The fourth-order valence-corrected chi connectivity index (χ4v) is 4.49. The Morgan fingerprint density at radius 3 is 2.43 bits per heavy atom. The number of carbonyl (C=O) groups is 1. The van der Waals surface area contributed by atoms with Crippen molar-refractivity contribution in [1.29, 1.82) is 0 Å². The highest BCUT2D eigenvalue weighted by Gasteiger charge is 2.26. The standard InChI is InChI=1S/C23H27ClFN3O2/c24-19-5-6-21(22(25)13-19)23(30)28-11-9-26(10-12-28)15-20(29)16-27-8-7-17-3-1-2-4-18(17)14-27/h1-6,13,20,29H,7-12,14-16H2. The molecule has 0 spiro atoms. The number of aliphatic hydroxyl groups excluding tert-OH is 1. The van der Waals surface area contributed by atoms with Crippen molar-refractivity contribution in [3.63, 3.8) is 0 Å². The molecule has 1 atom stereocenters. The van der Waals surface area contributed by atoms with E-state index < -0.39 is 11.9 Å². The number of rotatable bonds is 5. The second kappa shape index (κ2) is 9.43. The van der Waals surface area contributed by atoms with Gasteiger partial charge in [-0.05, 0) is 35.7 Å². The first kappa shape index (κ1) is 21.2. The van der Waals surface area contributed by atoms with Gasteiger partial charge in [0.15, 0.2) is 0 Å². The minimum absolute atomic E-state index is 0.0539. The number of fused-ring (bicyclic) bond motifs is 1. The van der Waals surface area contributed by atoms with E-state index in [1.807, 2.05) is 0 Å². The van der Waals surface area contributed by atoms with Crippen molar-refractivity contribution in [1.82, 2.24) is 14.7 Å². The van der Waals surface area contributed by atoms with Crippen LogP contribution in [0.15, 0.2) is 42.5 Å². The van der Waals surface area contributed by atoms with Gasteiger partial charge in [-0.15, -0.1) is 0 Å². The normalized spacial score (nSPS) is 18.8. The molecule has 0 aromatic heterocycles. The zero-order valence-electron chi connectivity index (χ0n) is 16.9. The topological polar surface area (TPSA) is 47.0 Å². The van der Waals surface area contributed by atoms with Gasteiger partial charge in [0, 0.05) is 57.4 Å². The Morgan fingerprint density at radius 2 is 1.70 bits per heavy atom. The van der Waals surface area contributed by atoms with Crippen molar-refractivity contribution in [2.75, 3.05) is 45.8 Å². The highest BCUT2D eigenvalue weighted by atomic mass is 35.5. The van der Waals surface area contributed by atoms with Crippen LogP contribution in [0.3, 0.4) is 0 Å². The molecule has 0 radical (unpaired) electrons. The van der Waals surface area contributed by atoms with Crippen LogP contribution >= 0.6 is 11.6 Å². The van der Waals surface area contributed by atoms with Gasteiger partial charge in [-0.25, -0.2) is 4.39 Å². The van der Waals surface area contributed by atoms with Crippen molar-refractivity contribution in [2.45, 2.75) is 19.1 Å². The zero-order chi connectivity index (χ0) is 21.1. The highest BCUT2D eigenvalue weighted by Crippen LogP contribution is 2.19. The van der Waals surface area contributed by atoms with Crippen LogP contribution in [0.5, 0.6) is 0 Å². The van der Waals surface area contributed by atoms with E-state index in [2.05, 4.69) is 34.1 Å². The summed E-state index contributed by atoms with van der Waals surface area (Å²) in [5.74, 6) is -0.898. The second-order valence-corrected chi connectivity index (χ2v) is 8.56. The van der Waals surface area contributed by atoms with Crippen LogP contribution < -0.4 is 0 Å². The molecule has 1 fully saturated rings. The molecule has 1 saturated heterocycles.